The van der Waals surface area contributed by atoms with Crippen molar-refractivity contribution in [3.8, 4) is 11.5 Å². The molecule has 1 N–H and O–H groups in total. The lowest BCUT2D eigenvalue weighted by atomic mass is 9.95. The molecule has 4 aromatic rings. The number of Topliss-reactive ketones (excluding diaryl/α,β-unsaturated/α-hetero) is 1. The molecule has 0 radical (unpaired) electrons. The highest BCUT2D eigenvalue weighted by molar-refractivity contribution is 7.22. The maximum absolute atomic E-state index is 13.4. The van der Waals surface area contributed by atoms with Gasteiger partial charge in [-0.2, -0.15) is 0 Å². The van der Waals surface area contributed by atoms with E-state index in [1.54, 1.807) is 42.8 Å². The number of hydrogen-bond donors (Lipinski definition) is 1. The van der Waals surface area contributed by atoms with Crippen LogP contribution in [-0.2, 0) is 4.79 Å². The Balaban J connectivity index is 1.61. The fourth-order valence-corrected chi connectivity index (χ4v) is 5.68. The van der Waals surface area contributed by atoms with Crippen LogP contribution in [0.5, 0.6) is 11.5 Å². The first-order chi connectivity index (χ1) is 17.0. The summed E-state index contributed by atoms with van der Waals surface area (Å²) >= 11 is 2.56. The standard InChI is InChI=1S/C26H22N2O5S2/c1-3-12-33-16-8-6-15(7-9-16)22-21(23(29)19-5-4-13-34-19)24(30)25(31)28(22)26-27-18-11-10-17(32-2)14-20(18)35-26/h4-11,13-14,22,30H,3,12H2,1-2H3/t22-/m0/s1. The summed E-state index contributed by atoms with van der Waals surface area (Å²) in [6, 6.07) is 15.3. The van der Waals surface area contributed by atoms with E-state index < -0.39 is 17.7 Å². The summed E-state index contributed by atoms with van der Waals surface area (Å²) in [6.45, 7) is 2.62. The van der Waals surface area contributed by atoms with Crippen molar-refractivity contribution in [2.75, 3.05) is 18.6 Å². The van der Waals surface area contributed by atoms with Gasteiger partial charge < -0.3 is 14.6 Å². The number of methoxy groups -OCH3 is 1. The van der Waals surface area contributed by atoms with Gasteiger partial charge >= 0.3 is 0 Å². The van der Waals surface area contributed by atoms with Gasteiger partial charge in [0.1, 0.15) is 11.5 Å². The Labute approximate surface area is 209 Å². The molecule has 0 fully saturated rings. The van der Waals surface area contributed by atoms with E-state index in [0.29, 0.717) is 39.2 Å². The van der Waals surface area contributed by atoms with Crippen LogP contribution in [0.3, 0.4) is 0 Å². The lowest BCUT2D eigenvalue weighted by Gasteiger charge is -2.24. The number of anilines is 1. The summed E-state index contributed by atoms with van der Waals surface area (Å²) in [5.41, 5.74) is 1.40. The molecule has 0 bridgehead atoms. The molecule has 0 aliphatic carbocycles. The average molecular weight is 507 g/mol. The quantitative estimate of drug-likeness (QED) is 0.298. The van der Waals surface area contributed by atoms with Crippen LogP contribution >= 0.6 is 22.7 Å². The lowest BCUT2D eigenvalue weighted by Crippen LogP contribution is -2.30. The summed E-state index contributed by atoms with van der Waals surface area (Å²) in [7, 11) is 1.58. The van der Waals surface area contributed by atoms with Gasteiger partial charge in [-0.25, -0.2) is 4.98 Å². The second-order valence-corrected chi connectivity index (χ2v) is 9.85. The van der Waals surface area contributed by atoms with E-state index >= 15 is 0 Å². The molecule has 0 saturated carbocycles. The molecule has 1 atom stereocenters. The number of rotatable bonds is 8. The van der Waals surface area contributed by atoms with E-state index in [9.17, 15) is 14.7 Å². The number of nitrogens with zero attached hydrogens (tertiary/aromatic N) is 2. The Morgan fingerprint density at radius 3 is 2.60 bits per heavy atom. The Kier molecular flexibility index (Phi) is 6.27. The van der Waals surface area contributed by atoms with Crippen molar-refractivity contribution in [2.24, 2.45) is 0 Å². The minimum atomic E-state index is -0.834. The molecule has 178 valence electrons. The summed E-state index contributed by atoms with van der Waals surface area (Å²) < 4.78 is 11.8. The topological polar surface area (TPSA) is 89.0 Å². The molecule has 0 unspecified atom stereocenters. The second-order valence-electron chi connectivity index (χ2n) is 7.89. The summed E-state index contributed by atoms with van der Waals surface area (Å²) in [6.07, 6.45) is 0.880. The molecule has 3 heterocycles. The third-order valence-corrected chi connectivity index (χ3v) is 7.54. The zero-order valence-electron chi connectivity index (χ0n) is 19.1. The number of aromatic nitrogens is 1. The molecule has 0 saturated heterocycles. The first-order valence-electron chi connectivity index (χ1n) is 11.0. The predicted molar refractivity (Wildman–Crippen MR) is 137 cm³/mol. The number of aliphatic hydroxyl groups is 1. The second kappa shape index (κ2) is 9.52. The van der Waals surface area contributed by atoms with Crippen molar-refractivity contribution in [1.29, 1.82) is 0 Å². The molecular formula is C26H22N2O5S2. The first-order valence-corrected chi connectivity index (χ1v) is 12.7. The minimum absolute atomic E-state index is 0.0384. The van der Waals surface area contributed by atoms with Crippen molar-refractivity contribution in [3.05, 3.63) is 81.8 Å². The van der Waals surface area contributed by atoms with E-state index in [4.69, 9.17) is 9.47 Å². The SMILES string of the molecule is CCCOc1ccc([C@H]2C(C(=O)c3cccs3)=C(O)C(=O)N2c2nc3ccc(OC)cc3s2)cc1. The fourth-order valence-electron chi connectivity index (χ4n) is 3.98. The number of amides is 1. The number of ether oxygens (including phenoxy) is 2. The van der Waals surface area contributed by atoms with Crippen LogP contribution in [0.4, 0.5) is 5.13 Å². The van der Waals surface area contributed by atoms with Gasteiger partial charge in [-0.15, -0.1) is 11.3 Å². The van der Waals surface area contributed by atoms with Crippen LogP contribution in [0.1, 0.15) is 34.6 Å². The van der Waals surface area contributed by atoms with Gasteiger partial charge in [-0.1, -0.05) is 36.5 Å². The van der Waals surface area contributed by atoms with Gasteiger partial charge in [-0.3, -0.25) is 14.5 Å². The molecule has 2 aromatic carbocycles. The largest absolute Gasteiger partial charge is 0.503 e. The maximum Gasteiger partial charge on any atom is 0.296 e. The zero-order valence-corrected chi connectivity index (χ0v) is 20.7. The molecule has 1 amide bonds. The monoisotopic (exact) mass is 506 g/mol. The van der Waals surface area contributed by atoms with Gasteiger partial charge in [0.2, 0.25) is 5.78 Å². The highest BCUT2D eigenvalue weighted by Gasteiger charge is 2.46. The highest BCUT2D eigenvalue weighted by atomic mass is 32.1. The number of fused-ring (bicyclic) bond motifs is 1. The van der Waals surface area contributed by atoms with Crippen LogP contribution in [0.25, 0.3) is 10.2 Å². The highest BCUT2D eigenvalue weighted by Crippen LogP contribution is 2.45. The Hall–Kier alpha value is -3.69. The fraction of sp³-hybridized carbons (Fsp3) is 0.192. The van der Waals surface area contributed by atoms with E-state index in [0.717, 1.165) is 11.1 Å². The number of ketones is 1. The molecule has 1 aliphatic rings. The molecule has 1 aliphatic heterocycles. The lowest BCUT2D eigenvalue weighted by molar-refractivity contribution is -0.117. The number of thiophene rings is 1. The number of hydrogen-bond acceptors (Lipinski definition) is 8. The van der Waals surface area contributed by atoms with Crippen LogP contribution in [0, 0.1) is 0 Å². The normalized spacial score (nSPS) is 15.8. The number of carbonyl (C=O) groups excluding carboxylic acids is 2. The van der Waals surface area contributed by atoms with E-state index in [1.165, 1.54) is 27.6 Å². The smallest absolute Gasteiger partial charge is 0.296 e. The molecule has 7 nitrogen and oxygen atoms in total. The van der Waals surface area contributed by atoms with Crippen LogP contribution in [-0.4, -0.2) is 35.5 Å². The third-order valence-electron chi connectivity index (χ3n) is 5.66. The van der Waals surface area contributed by atoms with Gasteiger partial charge in [-0.05, 0) is 53.8 Å². The molecule has 35 heavy (non-hydrogen) atoms. The van der Waals surface area contributed by atoms with E-state index in [1.807, 2.05) is 31.2 Å². The number of benzene rings is 2. The average Bonchev–Trinajstić information content (AvgIpc) is 3.61. The first kappa shape index (κ1) is 23.1. The van der Waals surface area contributed by atoms with Crippen LogP contribution in [0.2, 0.25) is 0 Å². The molecule has 2 aromatic heterocycles. The van der Waals surface area contributed by atoms with Gasteiger partial charge in [0.25, 0.3) is 5.91 Å². The third kappa shape index (κ3) is 4.17. The molecule has 0 spiro atoms. The van der Waals surface area contributed by atoms with Crippen LogP contribution < -0.4 is 14.4 Å². The summed E-state index contributed by atoms with van der Waals surface area (Å²) in [5, 5.41) is 13.1. The number of carbonyl (C=O) groups is 2. The summed E-state index contributed by atoms with van der Waals surface area (Å²) in [5.74, 6) is -0.233. The summed E-state index contributed by atoms with van der Waals surface area (Å²) in [4.78, 5) is 33.3. The van der Waals surface area contributed by atoms with Gasteiger partial charge in [0, 0.05) is 0 Å². The van der Waals surface area contributed by atoms with Crippen molar-refractivity contribution >= 4 is 49.7 Å². The van der Waals surface area contributed by atoms with Gasteiger partial charge in [0.15, 0.2) is 10.9 Å². The molecule has 5 rings (SSSR count). The number of thiazole rings is 1. The van der Waals surface area contributed by atoms with Crippen molar-refractivity contribution in [3.63, 3.8) is 0 Å². The van der Waals surface area contributed by atoms with Crippen molar-refractivity contribution in [1.82, 2.24) is 4.98 Å². The van der Waals surface area contributed by atoms with Crippen molar-refractivity contribution < 1.29 is 24.2 Å². The molecule has 9 heteroatoms. The van der Waals surface area contributed by atoms with Gasteiger partial charge in [0.05, 0.1) is 40.4 Å². The predicted octanol–water partition coefficient (Wildman–Crippen LogP) is 5.94. The molecular weight excluding hydrogens is 484 g/mol. The van der Waals surface area contributed by atoms with E-state index in [2.05, 4.69) is 4.98 Å². The zero-order chi connectivity index (χ0) is 24.5. The van der Waals surface area contributed by atoms with E-state index in [-0.39, 0.29) is 11.4 Å². The van der Waals surface area contributed by atoms with Crippen LogP contribution in [0.15, 0.2) is 71.3 Å². The minimum Gasteiger partial charge on any atom is -0.503 e. The Morgan fingerprint density at radius 2 is 1.91 bits per heavy atom. The Morgan fingerprint density at radius 1 is 1.14 bits per heavy atom. The Bertz CT molecular complexity index is 1420. The van der Waals surface area contributed by atoms with Crippen molar-refractivity contribution in [2.45, 2.75) is 19.4 Å². The maximum atomic E-state index is 13.4. The number of aliphatic hydroxyl groups excluding tert-OH is 1.